The molecule has 0 bridgehead atoms. The highest BCUT2D eigenvalue weighted by molar-refractivity contribution is 5.93. The number of hydrogen-bond donors (Lipinski definition) is 2. The summed E-state index contributed by atoms with van der Waals surface area (Å²) in [4.78, 5) is 27.0. The number of rotatable bonds is 3. The first-order valence-electron chi connectivity index (χ1n) is 8.70. The predicted octanol–water partition coefficient (Wildman–Crippen LogP) is 1.66. The Labute approximate surface area is 140 Å². The Morgan fingerprint density at radius 1 is 1.42 bits per heavy atom. The Hall–Kier alpha value is -2.21. The second-order valence-electron chi connectivity index (χ2n) is 7.21. The second-order valence-corrected chi connectivity index (χ2v) is 7.21. The fourth-order valence-electron chi connectivity index (χ4n) is 5.59. The van der Waals surface area contributed by atoms with Gasteiger partial charge in [-0.3, -0.25) is 4.79 Å². The molecule has 1 aliphatic carbocycles. The number of H-pyrrole nitrogens is 1. The zero-order valence-corrected chi connectivity index (χ0v) is 13.5. The Morgan fingerprint density at radius 2 is 2.33 bits per heavy atom. The first-order chi connectivity index (χ1) is 11.8. The van der Waals surface area contributed by atoms with Crippen molar-refractivity contribution in [2.24, 2.45) is 11.3 Å². The summed E-state index contributed by atoms with van der Waals surface area (Å²) in [5, 5.41) is 4.68. The number of aromatic amines is 1. The number of aromatic nitrogens is 3. The van der Waals surface area contributed by atoms with E-state index >= 15 is 0 Å². The van der Waals surface area contributed by atoms with Crippen LogP contribution in [-0.4, -0.2) is 45.9 Å². The number of nitrogens with zero attached hydrogens (tertiary/aromatic N) is 3. The average molecular weight is 323 g/mol. The van der Waals surface area contributed by atoms with Crippen LogP contribution in [0.4, 0.5) is 5.82 Å². The van der Waals surface area contributed by atoms with Crippen molar-refractivity contribution in [3.8, 4) is 0 Å². The summed E-state index contributed by atoms with van der Waals surface area (Å²) in [5.41, 5.74) is 0.900. The first kappa shape index (κ1) is 14.2. The Morgan fingerprint density at radius 3 is 3.21 bits per heavy atom. The molecule has 24 heavy (non-hydrogen) atoms. The molecule has 4 unspecified atom stereocenters. The van der Waals surface area contributed by atoms with Crippen LogP contribution >= 0.6 is 0 Å². The lowest BCUT2D eigenvalue weighted by atomic mass is 9.70. The number of carbonyl (C=O) groups is 1. The van der Waals surface area contributed by atoms with Crippen LogP contribution in [0.25, 0.3) is 11.0 Å². The molecule has 0 aromatic carbocycles. The van der Waals surface area contributed by atoms with E-state index in [1.54, 1.807) is 6.33 Å². The van der Waals surface area contributed by atoms with Gasteiger partial charge in [0, 0.05) is 42.7 Å². The molecule has 2 aliphatic heterocycles. The van der Waals surface area contributed by atoms with Crippen LogP contribution in [0.15, 0.2) is 31.2 Å². The molecule has 2 N–H and O–H groups in total. The maximum absolute atomic E-state index is 12.5. The van der Waals surface area contributed by atoms with Crippen LogP contribution in [0.1, 0.15) is 19.3 Å². The molecule has 3 aliphatic rings. The normalized spacial score (nSPS) is 34.5. The number of ketones is 1. The maximum atomic E-state index is 12.5. The van der Waals surface area contributed by atoms with Gasteiger partial charge < -0.3 is 15.2 Å². The standard InChI is InChI=1S/C18H21N5O/c1-2-13(24)12-9-20-14-3-4-15-18(12,14)6-8-23(15)17-11-5-7-19-16(11)21-10-22-17/h2,5,7,10,12,14-15,20H,1,3-4,6,8-9H2,(H,19,21,22). The van der Waals surface area contributed by atoms with Crippen LogP contribution in [0.2, 0.25) is 0 Å². The van der Waals surface area contributed by atoms with Gasteiger partial charge in [0.25, 0.3) is 0 Å². The summed E-state index contributed by atoms with van der Waals surface area (Å²) in [6.07, 6.45) is 8.32. The van der Waals surface area contributed by atoms with E-state index in [9.17, 15) is 4.79 Å². The third kappa shape index (κ3) is 1.61. The molecule has 6 heteroatoms. The van der Waals surface area contributed by atoms with E-state index in [4.69, 9.17) is 0 Å². The van der Waals surface area contributed by atoms with Gasteiger partial charge in [-0.1, -0.05) is 6.58 Å². The van der Waals surface area contributed by atoms with E-state index in [0.29, 0.717) is 12.1 Å². The predicted molar refractivity (Wildman–Crippen MR) is 91.8 cm³/mol. The minimum atomic E-state index is 0.0266. The molecule has 1 spiro atoms. The number of allylic oxidation sites excluding steroid dienone is 1. The Balaban J connectivity index is 1.59. The van der Waals surface area contributed by atoms with E-state index < -0.39 is 0 Å². The van der Waals surface area contributed by atoms with Crippen molar-refractivity contribution in [3.63, 3.8) is 0 Å². The lowest BCUT2D eigenvalue weighted by Gasteiger charge is -2.36. The quantitative estimate of drug-likeness (QED) is 0.841. The van der Waals surface area contributed by atoms with E-state index in [1.807, 2.05) is 12.3 Å². The zero-order valence-electron chi connectivity index (χ0n) is 13.5. The largest absolute Gasteiger partial charge is 0.352 e. The van der Waals surface area contributed by atoms with Crippen LogP contribution in [0, 0.1) is 11.3 Å². The van der Waals surface area contributed by atoms with Crippen molar-refractivity contribution in [2.45, 2.75) is 31.3 Å². The maximum Gasteiger partial charge on any atom is 0.160 e. The summed E-state index contributed by atoms with van der Waals surface area (Å²) in [7, 11) is 0. The van der Waals surface area contributed by atoms with E-state index in [2.05, 4.69) is 31.7 Å². The van der Waals surface area contributed by atoms with E-state index in [0.717, 1.165) is 49.2 Å². The minimum Gasteiger partial charge on any atom is -0.352 e. The summed E-state index contributed by atoms with van der Waals surface area (Å²) in [6.45, 7) is 5.45. The van der Waals surface area contributed by atoms with Gasteiger partial charge >= 0.3 is 0 Å². The van der Waals surface area contributed by atoms with Crippen LogP contribution < -0.4 is 10.2 Å². The number of fused-ring (bicyclic) bond motifs is 1. The molecule has 2 aromatic rings. The highest BCUT2D eigenvalue weighted by Crippen LogP contribution is 2.57. The van der Waals surface area contributed by atoms with Crippen molar-refractivity contribution in [2.75, 3.05) is 18.0 Å². The fourth-order valence-corrected chi connectivity index (χ4v) is 5.59. The monoisotopic (exact) mass is 323 g/mol. The first-order valence-corrected chi connectivity index (χ1v) is 8.70. The highest BCUT2D eigenvalue weighted by Gasteiger charge is 2.64. The van der Waals surface area contributed by atoms with Crippen molar-refractivity contribution in [3.05, 3.63) is 31.2 Å². The van der Waals surface area contributed by atoms with Gasteiger partial charge in [-0.25, -0.2) is 9.97 Å². The molecule has 1 saturated carbocycles. The number of hydrogen-bond acceptors (Lipinski definition) is 5. The Kier molecular flexibility index (Phi) is 2.89. The highest BCUT2D eigenvalue weighted by atomic mass is 16.1. The summed E-state index contributed by atoms with van der Waals surface area (Å²) in [5.74, 6) is 1.23. The van der Waals surface area contributed by atoms with Crippen molar-refractivity contribution >= 4 is 22.6 Å². The Bertz CT molecular complexity index is 830. The molecule has 0 amide bonds. The van der Waals surface area contributed by atoms with Gasteiger partial charge in [0.2, 0.25) is 0 Å². The van der Waals surface area contributed by atoms with E-state index in [-0.39, 0.29) is 17.1 Å². The molecular formula is C18H21N5O. The smallest absolute Gasteiger partial charge is 0.160 e. The number of nitrogens with one attached hydrogen (secondary N) is 2. The second kappa shape index (κ2) is 4.89. The molecule has 3 fully saturated rings. The molecule has 5 rings (SSSR count). The molecule has 6 nitrogen and oxygen atoms in total. The van der Waals surface area contributed by atoms with Gasteiger partial charge in [-0.2, -0.15) is 0 Å². The molecule has 0 radical (unpaired) electrons. The topological polar surface area (TPSA) is 73.9 Å². The number of carbonyl (C=O) groups excluding carboxylic acids is 1. The average Bonchev–Trinajstić information content (AvgIpc) is 3.33. The van der Waals surface area contributed by atoms with Gasteiger partial charge in [0.15, 0.2) is 5.78 Å². The summed E-state index contributed by atoms with van der Waals surface area (Å²) < 4.78 is 0. The third-order valence-electron chi connectivity index (χ3n) is 6.53. The van der Waals surface area contributed by atoms with Gasteiger partial charge in [-0.15, -0.1) is 0 Å². The third-order valence-corrected chi connectivity index (χ3v) is 6.53. The van der Waals surface area contributed by atoms with Crippen LogP contribution in [0.5, 0.6) is 0 Å². The molecule has 124 valence electrons. The fraction of sp³-hybridized carbons (Fsp3) is 0.500. The van der Waals surface area contributed by atoms with Crippen molar-refractivity contribution in [1.29, 1.82) is 0 Å². The molecular weight excluding hydrogens is 302 g/mol. The lowest BCUT2D eigenvalue weighted by molar-refractivity contribution is -0.120. The molecule has 2 aromatic heterocycles. The van der Waals surface area contributed by atoms with Crippen molar-refractivity contribution < 1.29 is 4.79 Å². The van der Waals surface area contributed by atoms with Crippen LogP contribution in [0.3, 0.4) is 0 Å². The van der Waals surface area contributed by atoms with Crippen molar-refractivity contribution in [1.82, 2.24) is 20.3 Å². The van der Waals surface area contributed by atoms with Gasteiger partial charge in [0.1, 0.15) is 17.8 Å². The minimum absolute atomic E-state index is 0.0266. The summed E-state index contributed by atoms with van der Waals surface area (Å²) >= 11 is 0. The van der Waals surface area contributed by atoms with Gasteiger partial charge in [-0.05, 0) is 31.4 Å². The van der Waals surface area contributed by atoms with E-state index in [1.165, 1.54) is 6.08 Å². The number of anilines is 1. The summed E-state index contributed by atoms with van der Waals surface area (Å²) in [6, 6.07) is 2.84. The van der Waals surface area contributed by atoms with Gasteiger partial charge in [0.05, 0.1) is 5.39 Å². The SMILES string of the molecule is C=CC(=O)C1CNC2CCC3N(c4ncnc5[nH]ccc45)CCC213. The molecule has 4 atom stereocenters. The molecule has 4 heterocycles. The molecule has 2 saturated heterocycles. The zero-order chi connectivity index (χ0) is 16.3. The lowest BCUT2D eigenvalue weighted by Crippen LogP contribution is -2.45. The van der Waals surface area contributed by atoms with Crippen LogP contribution in [-0.2, 0) is 4.79 Å².